The Morgan fingerprint density at radius 2 is 1.95 bits per heavy atom. The molecule has 0 radical (unpaired) electrons. The van der Waals surface area contributed by atoms with Crippen molar-refractivity contribution in [3.05, 3.63) is 36.5 Å². The highest BCUT2D eigenvalue weighted by Gasteiger charge is 1.89. The largest absolute Gasteiger partial charge is 0.396 e. The number of aliphatic hydroxyl groups excluding tert-OH is 1. The van der Waals surface area contributed by atoms with Crippen molar-refractivity contribution in [2.45, 2.75) is 32.6 Å². The first-order valence-corrected chi connectivity index (χ1v) is 6.43. The van der Waals surface area contributed by atoms with Crippen LogP contribution in [-0.4, -0.2) is 17.5 Å². The first-order chi connectivity index (χ1) is 9.31. The van der Waals surface area contributed by atoms with E-state index < -0.39 is 0 Å². The lowest BCUT2D eigenvalue weighted by Gasteiger charge is -1.85. The SMILES string of the molecule is CCCC(=O)/C=C/C=C/C=C\C#CC#CCCCO. The van der Waals surface area contributed by atoms with Gasteiger partial charge in [0.1, 0.15) is 0 Å². The molecular formula is C17H20O2. The van der Waals surface area contributed by atoms with Crippen molar-refractivity contribution in [2.24, 2.45) is 0 Å². The fourth-order valence-electron chi connectivity index (χ4n) is 1.08. The van der Waals surface area contributed by atoms with E-state index in [4.69, 9.17) is 5.11 Å². The lowest BCUT2D eigenvalue weighted by atomic mass is 10.2. The van der Waals surface area contributed by atoms with E-state index >= 15 is 0 Å². The van der Waals surface area contributed by atoms with Gasteiger partial charge in [-0.25, -0.2) is 0 Å². The van der Waals surface area contributed by atoms with Gasteiger partial charge in [-0.15, -0.1) is 0 Å². The average molecular weight is 256 g/mol. The van der Waals surface area contributed by atoms with Gasteiger partial charge >= 0.3 is 0 Å². The zero-order valence-electron chi connectivity index (χ0n) is 11.4. The van der Waals surface area contributed by atoms with Gasteiger partial charge in [0, 0.05) is 19.4 Å². The minimum absolute atomic E-state index is 0.147. The second-order valence-electron chi connectivity index (χ2n) is 3.72. The van der Waals surface area contributed by atoms with E-state index in [-0.39, 0.29) is 12.4 Å². The molecule has 0 heterocycles. The maximum absolute atomic E-state index is 11.1. The van der Waals surface area contributed by atoms with Crippen LogP contribution in [0.3, 0.4) is 0 Å². The molecule has 2 nitrogen and oxygen atoms in total. The van der Waals surface area contributed by atoms with E-state index in [0.29, 0.717) is 19.3 Å². The predicted octanol–water partition coefficient (Wildman–Crippen LogP) is 2.80. The first-order valence-electron chi connectivity index (χ1n) is 6.43. The van der Waals surface area contributed by atoms with Crippen molar-refractivity contribution in [3.63, 3.8) is 0 Å². The normalized spacial score (nSPS) is 10.4. The van der Waals surface area contributed by atoms with Gasteiger partial charge in [0.25, 0.3) is 0 Å². The van der Waals surface area contributed by atoms with Gasteiger partial charge in [0.15, 0.2) is 5.78 Å². The highest BCUT2D eigenvalue weighted by molar-refractivity contribution is 5.89. The fourth-order valence-corrected chi connectivity index (χ4v) is 1.08. The number of hydrogen-bond donors (Lipinski definition) is 1. The third-order valence-electron chi connectivity index (χ3n) is 1.97. The molecule has 0 aromatic carbocycles. The Kier molecular flexibility index (Phi) is 12.5. The van der Waals surface area contributed by atoms with Gasteiger partial charge in [-0.3, -0.25) is 4.79 Å². The van der Waals surface area contributed by atoms with Crippen molar-refractivity contribution < 1.29 is 9.90 Å². The Morgan fingerprint density at radius 1 is 1.16 bits per heavy atom. The number of hydrogen-bond acceptors (Lipinski definition) is 2. The van der Waals surface area contributed by atoms with Crippen molar-refractivity contribution in [3.8, 4) is 23.7 Å². The maximum atomic E-state index is 11.1. The summed E-state index contributed by atoms with van der Waals surface area (Å²) in [5, 5.41) is 8.52. The summed E-state index contributed by atoms with van der Waals surface area (Å²) in [7, 11) is 0. The monoisotopic (exact) mass is 256 g/mol. The Labute approximate surface area is 115 Å². The summed E-state index contributed by atoms with van der Waals surface area (Å²) in [4.78, 5) is 11.1. The van der Waals surface area contributed by atoms with Gasteiger partial charge < -0.3 is 5.11 Å². The van der Waals surface area contributed by atoms with Crippen molar-refractivity contribution in [2.75, 3.05) is 6.61 Å². The molecule has 0 saturated carbocycles. The molecule has 2 heteroatoms. The number of aliphatic hydroxyl groups is 1. The van der Waals surface area contributed by atoms with Crippen molar-refractivity contribution in [1.29, 1.82) is 0 Å². The molecule has 19 heavy (non-hydrogen) atoms. The predicted molar refractivity (Wildman–Crippen MR) is 79.2 cm³/mol. The molecule has 0 atom stereocenters. The Balaban J connectivity index is 3.86. The molecule has 0 rings (SSSR count). The number of carbonyl (C=O) groups excluding carboxylic acids is 1. The molecule has 0 fully saturated rings. The molecule has 0 aliphatic carbocycles. The lowest BCUT2D eigenvalue weighted by molar-refractivity contribution is -0.114. The van der Waals surface area contributed by atoms with Crippen LogP contribution in [0.25, 0.3) is 0 Å². The summed E-state index contributed by atoms with van der Waals surface area (Å²) in [6.45, 7) is 2.15. The van der Waals surface area contributed by atoms with Crippen LogP contribution in [0.4, 0.5) is 0 Å². The zero-order valence-corrected chi connectivity index (χ0v) is 11.4. The molecule has 0 aromatic rings. The van der Waals surface area contributed by atoms with Crippen molar-refractivity contribution >= 4 is 5.78 Å². The second-order valence-corrected chi connectivity index (χ2v) is 3.72. The van der Waals surface area contributed by atoms with E-state index in [1.54, 1.807) is 30.4 Å². The molecular weight excluding hydrogens is 236 g/mol. The van der Waals surface area contributed by atoms with Crippen LogP contribution in [0.2, 0.25) is 0 Å². The lowest BCUT2D eigenvalue weighted by Crippen LogP contribution is -1.88. The van der Waals surface area contributed by atoms with E-state index in [9.17, 15) is 4.79 Å². The molecule has 0 aromatic heterocycles. The van der Waals surface area contributed by atoms with Crippen molar-refractivity contribution in [1.82, 2.24) is 0 Å². The molecule has 0 bridgehead atoms. The number of ketones is 1. The molecule has 0 saturated heterocycles. The quantitative estimate of drug-likeness (QED) is 0.329. The molecule has 100 valence electrons. The van der Waals surface area contributed by atoms with Gasteiger partial charge in [-0.1, -0.05) is 43.1 Å². The molecule has 0 aliphatic heterocycles. The molecule has 0 amide bonds. The number of unbranched alkanes of at least 4 members (excludes halogenated alkanes) is 1. The average Bonchev–Trinajstić information content (AvgIpc) is 2.40. The van der Waals surface area contributed by atoms with Crippen LogP contribution in [0, 0.1) is 23.7 Å². The van der Waals surface area contributed by atoms with Crippen LogP contribution in [-0.2, 0) is 4.79 Å². The molecule has 0 aliphatic rings. The van der Waals surface area contributed by atoms with E-state index in [0.717, 1.165) is 6.42 Å². The van der Waals surface area contributed by atoms with Gasteiger partial charge in [0.2, 0.25) is 0 Å². The van der Waals surface area contributed by atoms with E-state index in [2.05, 4.69) is 23.7 Å². The summed E-state index contributed by atoms with van der Waals surface area (Å²) in [5.41, 5.74) is 0. The van der Waals surface area contributed by atoms with Crippen LogP contribution in [0.1, 0.15) is 32.6 Å². The minimum Gasteiger partial charge on any atom is -0.396 e. The summed E-state index contributed by atoms with van der Waals surface area (Å²) in [6, 6.07) is 0. The van der Waals surface area contributed by atoms with Crippen LogP contribution < -0.4 is 0 Å². The van der Waals surface area contributed by atoms with E-state index in [1.807, 2.05) is 13.0 Å². The Hall–Kier alpha value is -2.03. The molecule has 1 N–H and O–H groups in total. The fraction of sp³-hybridized carbons (Fsp3) is 0.353. The first kappa shape index (κ1) is 17.0. The van der Waals surface area contributed by atoms with E-state index in [1.165, 1.54) is 0 Å². The number of carbonyl (C=O) groups is 1. The van der Waals surface area contributed by atoms with Crippen LogP contribution in [0.15, 0.2) is 36.5 Å². The smallest absolute Gasteiger partial charge is 0.155 e. The topological polar surface area (TPSA) is 37.3 Å². The molecule has 0 unspecified atom stereocenters. The third-order valence-corrected chi connectivity index (χ3v) is 1.97. The number of rotatable bonds is 7. The Morgan fingerprint density at radius 3 is 2.68 bits per heavy atom. The number of allylic oxidation sites excluding steroid dienone is 6. The molecule has 0 spiro atoms. The summed E-state index contributed by atoms with van der Waals surface area (Å²) >= 11 is 0. The van der Waals surface area contributed by atoms with Gasteiger partial charge in [-0.05, 0) is 36.8 Å². The van der Waals surface area contributed by atoms with Gasteiger partial charge in [-0.2, -0.15) is 0 Å². The highest BCUT2D eigenvalue weighted by Crippen LogP contribution is 1.90. The summed E-state index contributed by atoms with van der Waals surface area (Å²) in [6.07, 6.45) is 13.2. The third kappa shape index (κ3) is 13.9. The standard InChI is InChI=1S/C17H20O2/c1-2-14-17(19)15-12-10-8-6-4-3-5-7-9-11-13-16-18/h4,6,8,10,12,15,18H,2,11,13-14,16H2,1H3/b6-4-,10-8+,15-12+. The summed E-state index contributed by atoms with van der Waals surface area (Å²) < 4.78 is 0. The van der Waals surface area contributed by atoms with Crippen LogP contribution >= 0.6 is 0 Å². The van der Waals surface area contributed by atoms with Crippen LogP contribution in [0.5, 0.6) is 0 Å². The maximum Gasteiger partial charge on any atom is 0.155 e. The summed E-state index contributed by atoms with van der Waals surface area (Å²) in [5.74, 6) is 11.1. The second kappa shape index (κ2) is 14.0. The minimum atomic E-state index is 0.147. The zero-order chi connectivity index (χ0) is 14.2. The van der Waals surface area contributed by atoms with Gasteiger partial charge in [0.05, 0.1) is 0 Å². The Bertz CT molecular complexity index is 445. The highest BCUT2D eigenvalue weighted by atomic mass is 16.2.